The summed E-state index contributed by atoms with van der Waals surface area (Å²) < 4.78 is 28.7. The van der Waals surface area contributed by atoms with Gasteiger partial charge < -0.3 is 5.32 Å². The zero-order valence-electron chi connectivity index (χ0n) is 13.2. The van der Waals surface area contributed by atoms with Crippen molar-refractivity contribution in [2.45, 2.75) is 19.3 Å². The van der Waals surface area contributed by atoms with Gasteiger partial charge in [0.05, 0.1) is 0 Å². The van der Waals surface area contributed by atoms with Gasteiger partial charge in [0.2, 0.25) is 5.82 Å². The molecule has 0 bridgehead atoms. The summed E-state index contributed by atoms with van der Waals surface area (Å²) in [6.07, 6.45) is 2.19. The molecular weight excluding hydrogens is 318 g/mol. The summed E-state index contributed by atoms with van der Waals surface area (Å²) in [6, 6.07) is 3.80. The second-order valence-corrected chi connectivity index (χ2v) is 6.11. The molecule has 128 valence electrons. The maximum Gasteiger partial charge on any atom is 0.343 e. The van der Waals surface area contributed by atoms with Crippen molar-refractivity contribution in [2.24, 2.45) is 18.9 Å². The first-order chi connectivity index (χ1) is 11.5. The van der Waals surface area contributed by atoms with E-state index in [1.165, 1.54) is 25.2 Å². The lowest BCUT2D eigenvalue weighted by Crippen LogP contribution is -2.32. The van der Waals surface area contributed by atoms with E-state index in [4.69, 9.17) is 0 Å². The Labute approximate surface area is 136 Å². The summed E-state index contributed by atoms with van der Waals surface area (Å²) in [5.41, 5.74) is -0.429. The van der Waals surface area contributed by atoms with Crippen LogP contribution in [0.15, 0.2) is 23.0 Å². The summed E-state index contributed by atoms with van der Waals surface area (Å²) in [7, 11) is 1.43. The number of hydrogen-bond acceptors (Lipinski definition) is 3. The van der Waals surface area contributed by atoms with E-state index in [1.54, 1.807) is 0 Å². The Bertz CT molecular complexity index is 790. The highest BCUT2D eigenvalue weighted by atomic mass is 19.1. The van der Waals surface area contributed by atoms with Gasteiger partial charge in [-0.2, -0.15) is 0 Å². The molecule has 0 spiro atoms. The van der Waals surface area contributed by atoms with Gasteiger partial charge in [-0.1, -0.05) is 6.07 Å². The lowest BCUT2D eigenvalue weighted by Gasteiger charge is -2.17. The second kappa shape index (κ2) is 6.54. The average Bonchev–Trinajstić information content (AvgIpc) is 3.32. The van der Waals surface area contributed by atoms with Crippen LogP contribution in [0.5, 0.6) is 0 Å². The fraction of sp³-hybridized carbons (Fsp3) is 0.438. The molecule has 0 radical (unpaired) electrons. The molecule has 1 amide bonds. The molecule has 1 heterocycles. The molecule has 0 saturated heterocycles. The number of amides is 1. The normalized spacial score (nSPS) is 15.3. The summed E-state index contributed by atoms with van der Waals surface area (Å²) in [4.78, 5) is 25.7. The van der Waals surface area contributed by atoms with Crippen LogP contribution in [0.1, 0.15) is 29.0 Å². The van der Waals surface area contributed by atoms with Crippen LogP contribution < -0.4 is 11.0 Å². The van der Waals surface area contributed by atoms with Crippen molar-refractivity contribution in [3.05, 3.63) is 51.7 Å². The first-order valence-electron chi connectivity index (χ1n) is 7.80. The number of hydrogen-bond donors (Lipinski definition) is 2. The predicted octanol–water partition coefficient (Wildman–Crippen LogP) is 1.39. The summed E-state index contributed by atoms with van der Waals surface area (Å²) in [6.45, 7) is 0.274. The average molecular weight is 336 g/mol. The SMILES string of the molecule is Cn1nc(C(=O)NC[C@H](Cc2c(F)cccc2F)C2CC2)[nH]c1=O. The van der Waals surface area contributed by atoms with E-state index in [-0.39, 0.29) is 30.3 Å². The van der Waals surface area contributed by atoms with E-state index >= 15 is 0 Å². The fourth-order valence-corrected chi connectivity index (χ4v) is 2.77. The molecule has 8 heteroatoms. The van der Waals surface area contributed by atoms with Crippen LogP contribution in [-0.2, 0) is 13.5 Å². The molecule has 1 saturated carbocycles. The number of carbonyl (C=O) groups excluding carboxylic acids is 1. The molecule has 1 aromatic carbocycles. The molecule has 3 rings (SSSR count). The van der Waals surface area contributed by atoms with Crippen molar-refractivity contribution in [1.82, 2.24) is 20.1 Å². The van der Waals surface area contributed by atoms with E-state index in [2.05, 4.69) is 15.4 Å². The van der Waals surface area contributed by atoms with Gasteiger partial charge in [0, 0.05) is 19.2 Å². The number of rotatable bonds is 6. The van der Waals surface area contributed by atoms with Crippen LogP contribution in [-0.4, -0.2) is 27.2 Å². The minimum absolute atomic E-state index is 0.0508. The molecule has 1 aliphatic rings. The van der Waals surface area contributed by atoms with Gasteiger partial charge in [0.15, 0.2) is 0 Å². The minimum atomic E-state index is -0.568. The lowest BCUT2D eigenvalue weighted by molar-refractivity contribution is 0.0934. The molecular formula is C16H18F2N4O2. The van der Waals surface area contributed by atoms with Crippen LogP contribution in [0.4, 0.5) is 8.78 Å². The zero-order chi connectivity index (χ0) is 17.3. The van der Waals surface area contributed by atoms with Crippen LogP contribution >= 0.6 is 0 Å². The summed E-state index contributed by atoms with van der Waals surface area (Å²) >= 11 is 0. The van der Waals surface area contributed by atoms with Gasteiger partial charge in [-0.25, -0.2) is 18.3 Å². The van der Waals surface area contributed by atoms with Gasteiger partial charge in [-0.3, -0.25) is 9.78 Å². The van der Waals surface area contributed by atoms with Crippen molar-refractivity contribution in [1.29, 1.82) is 0 Å². The monoisotopic (exact) mass is 336 g/mol. The third-order valence-corrected chi connectivity index (χ3v) is 4.33. The highest BCUT2D eigenvalue weighted by Gasteiger charge is 2.32. The third-order valence-electron chi connectivity index (χ3n) is 4.33. The number of nitrogens with one attached hydrogen (secondary N) is 2. The maximum atomic E-state index is 13.8. The van der Waals surface area contributed by atoms with Crippen LogP contribution in [0.2, 0.25) is 0 Å². The standard InChI is InChI=1S/C16H18F2N4O2/c1-22-16(24)20-14(21-22)15(23)19-8-10(9-5-6-9)7-11-12(17)3-2-4-13(11)18/h2-4,9-10H,5-8H2,1H3,(H,19,23)(H,20,21,24)/t10-/m0/s1. The van der Waals surface area contributed by atoms with Gasteiger partial charge in [-0.15, -0.1) is 5.10 Å². The number of halogens is 2. The second-order valence-electron chi connectivity index (χ2n) is 6.11. The smallest absolute Gasteiger partial charge is 0.343 e. The van der Waals surface area contributed by atoms with Gasteiger partial charge >= 0.3 is 5.69 Å². The highest BCUT2D eigenvalue weighted by molar-refractivity contribution is 5.90. The number of carbonyl (C=O) groups is 1. The molecule has 0 unspecified atom stereocenters. The Balaban J connectivity index is 1.67. The van der Waals surface area contributed by atoms with Crippen molar-refractivity contribution in [3.63, 3.8) is 0 Å². The molecule has 0 aliphatic heterocycles. The third kappa shape index (κ3) is 3.52. The lowest BCUT2D eigenvalue weighted by atomic mass is 9.94. The number of aromatic amines is 1. The number of aryl methyl sites for hydroxylation is 1. The highest BCUT2D eigenvalue weighted by Crippen LogP contribution is 2.38. The fourth-order valence-electron chi connectivity index (χ4n) is 2.77. The van der Waals surface area contributed by atoms with Gasteiger partial charge in [0.25, 0.3) is 5.91 Å². The topological polar surface area (TPSA) is 79.8 Å². The first-order valence-corrected chi connectivity index (χ1v) is 7.80. The first kappa shape index (κ1) is 16.4. The molecule has 2 N–H and O–H groups in total. The minimum Gasteiger partial charge on any atom is -0.349 e. The van der Waals surface area contributed by atoms with E-state index in [9.17, 15) is 18.4 Å². The Morgan fingerprint density at radius 3 is 2.62 bits per heavy atom. The maximum absolute atomic E-state index is 13.8. The van der Waals surface area contributed by atoms with Crippen LogP contribution in [0.3, 0.4) is 0 Å². The predicted molar refractivity (Wildman–Crippen MR) is 82.4 cm³/mol. The van der Waals surface area contributed by atoms with Gasteiger partial charge in [-0.05, 0) is 43.2 Å². The van der Waals surface area contributed by atoms with E-state index in [1.807, 2.05) is 0 Å². The molecule has 1 aromatic heterocycles. The molecule has 2 aromatic rings. The van der Waals surface area contributed by atoms with Gasteiger partial charge in [0.1, 0.15) is 11.6 Å². The van der Waals surface area contributed by atoms with E-state index in [0.29, 0.717) is 5.92 Å². The zero-order valence-corrected chi connectivity index (χ0v) is 13.2. The number of aromatic nitrogens is 3. The molecule has 6 nitrogen and oxygen atoms in total. The molecule has 24 heavy (non-hydrogen) atoms. The van der Waals surface area contributed by atoms with Crippen molar-refractivity contribution < 1.29 is 13.6 Å². The van der Waals surface area contributed by atoms with E-state index < -0.39 is 23.2 Å². The number of nitrogens with zero attached hydrogens (tertiary/aromatic N) is 2. The Morgan fingerprint density at radius 1 is 1.42 bits per heavy atom. The Morgan fingerprint density at radius 2 is 2.08 bits per heavy atom. The molecule has 1 aliphatic carbocycles. The van der Waals surface area contributed by atoms with Crippen molar-refractivity contribution >= 4 is 5.91 Å². The quantitative estimate of drug-likeness (QED) is 0.836. The summed E-state index contributed by atoms with van der Waals surface area (Å²) in [5, 5.41) is 6.47. The van der Waals surface area contributed by atoms with Crippen molar-refractivity contribution in [2.75, 3.05) is 6.54 Å². The number of H-pyrrole nitrogens is 1. The summed E-state index contributed by atoms with van der Waals surface area (Å²) in [5.74, 6) is -1.44. The van der Waals surface area contributed by atoms with E-state index in [0.717, 1.165) is 17.5 Å². The van der Waals surface area contributed by atoms with Crippen molar-refractivity contribution in [3.8, 4) is 0 Å². The van der Waals surface area contributed by atoms with Crippen LogP contribution in [0.25, 0.3) is 0 Å². The van der Waals surface area contributed by atoms with Crippen LogP contribution in [0, 0.1) is 23.5 Å². The Kier molecular flexibility index (Phi) is 4.46. The number of benzene rings is 1. The molecule has 1 fully saturated rings. The molecule has 1 atom stereocenters. The largest absolute Gasteiger partial charge is 0.349 e. The Hall–Kier alpha value is -2.51.